The number of aliphatic hydroxyl groups is 1. The van der Waals surface area contributed by atoms with Crippen LogP contribution in [0.5, 0.6) is 0 Å². The molecule has 0 fully saturated rings. The average molecular weight is 431 g/mol. The number of ether oxygens (including phenoxy) is 1. The van der Waals surface area contributed by atoms with Gasteiger partial charge in [0, 0.05) is 35.2 Å². The molecule has 1 aromatic heterocycles. The summed E-state index contributed by atoms with van der Waals surface area (Å²) in [7, 11) is 0. The summed E-state index contributed by atoms with van der Waals surface area (Å²) in [5, 5.41) is 26.0. The average Bonchev–Trinajstić information content (AvgIpc) is 3.18. The van der Waals surface area contributed by atoms with E-state index in [2.05, 4.69) is 38.4 Å². The first-order valence-corrected chi connectivity index (χ1v) is 10.5. The predicted octanol–water partition coefficient (Wildman–Crippen LogP) is 3.23. The molecule has 8 heteroatoms. The van der Waals surface area contributed by atoms with Gasteiger partial charge in [0.15, 0.2) is 0 Å². The first-order chi connectivity index (χ1) is 15.5. The van der Waals surface area contributed by atoms with Crippen molar-refractivity contribution in [3.05, 3.63) is 58.4 Å². The molecular formula is C24H26N6O2. The highest BCUT2D eigenvalue weighted by atomic mass is 16.5. The summed E-state index contributed by atoms with van der Waals surface area (Å²) in [6, 6.07) is 8.01. The van der Waals surface area contributed by atoms with Crippen molar-refractivity contribution in [3.63, 3.8) is 0 Å². The number of aromatic nitrogens is 1. The van der Waals surface area contributed by atoms with E-state index < -0.39 is 5.41 Å². The van der Waals surface area contributed by atoms with Crippen molar-refractivity contribution in [1.82, 2.24) is 4.98 Å². The maximum absolute atomic E-state index is 9.94. The van der Waals surface area contributed by atoms with E-state index in [0.29, 0.717) is 37.0 Å². The van der Waals surface area contributed by atoms with Gasteiger partial charge in [-0.1, -0.05) is 13.0 Å². The summed E-state index contributed by atoms with van der Waals surface area (Å²) in [5.41, 5.74) is 5.98. The van der Waals surface area contributed by atoms with Crippen LogP contribution in [0.4, 0.5) is 11.4 Å². The summed E-state index contributed by atoms with van der Waals surface area (Å²) in [6.45, 7) is 9.27. The third-order valence-electron chi connectivity index (χ3n) is 5.92. The highest BCUT2D eigenvalue weighted by Crippen LogP contribution is 2.40. The summed E-state index contributed by atoms with van der Waals surface area (Å²) in [6.07, 6.45) is 4.41. The van der Waals surface area contributed by atoms with Crippen LogP contribution in [0.1, 0.15) is 41.8 Å². The van der Waals surface area contributed by atoms with Gasteiger partial charge < -0.3 is 20.5 Å². The maximum Gasteiger partial charge on any atom is 0.227 e. The van der Waals surface area contributed by atoms with E-state index in [0.717, 1.165) is 40.2 Å². The number of allylic oxidation sites excluding steroid dienone is 1. The van der Waals surface area contributed by atoms with Gasteiger partial charge in [0.2, 0.25) is 5.96 Å². The number of nitriles is 1. The largest absolute Gasteiger partial charge is 0.395 e. The molecule has 0 aliphatic carbocycles. The zero-order chi connectivity index (χ0) is 22.7. The van der Waals surface area contributed by atoms with Gasteiger partial charge in [-0.15, -0.1) is 0 Å². The Kier molecular flexibility index (Phi) is 6.04. The Morgan fingerprint density at radius 2 is 2.31 bits per heavy atom. The highest BCUT2D eigenvalue weighted by molar-refractivity contribution is 5.99. The minimum absolute atomic E-state index is 0.0220. The Hall–Kier alpha value is -3.54. The summed E-state index contributed by atoms with van der Waals surface area (Å²) < 4.78 is 5.51. The third-order valence-corrected chi connectivity index (χ3v) is 5.92. The fourth-order valence-electron chi connectivity index (χ4n) is 4.01. The van der Waals surface area contributed by atoms with Crippen LogP contribution in [0.3, 0.4) is 0 Å². The zero-order valence-corrected chi connectivity index (χ0v) is 18.3. The van der Waals surface area contributed by atoms with E-state index in [4.69, 9.17) is 4.74 Å². The first-order valence-electron chi connectivity index (χ1n) is 10.5. The van der Waals surface area contributed by atoms with Crippen molar-refractivity contribution in [2.24, 2.45) is 9.98 Å². The fourth-order valence-corrected chi connectivity index (χ4v) is 4.01. The molecule has 1 atom stereocenters. The lowest BCUT2D eigenvalue weighted by Gasteiger charge is -2.21. The van der Waals surface area contributed by atoms with Gasteiger partial charge >= 0.3 is 0 Å². The van der Waals surface area contributed by atoms with Crippen LogP contribution in [-0.4, -0.2) is 42.5 Å². The van der Waals surface area contributed by atoms with Crippen LogP contribution in [-0.2, 0) is 23.2 Å². The first kappa shape index (κ1) is 21.7. The number of aliphatic hydroxyl groups excluding tert-OH is 1. The molecule has 0 radical (unpaired) electrons. The van der Waals surface area contributed by atoms with Crippen LogP contribution < -0.4 is 10.6 Å². The molecule has 4 rings (SSSR count). The van der Waals surface area contributed by atoms with Gasteiger partial charge in [-0.2, -0.15) is 5.26 Å². The van der Waals surface area contributed by atoms with E-state index >= 15 is 0 Å². The van der Waals surface area contributed by atoms with Gasteiger partial charge in [-0.05, 0) is 37.4 Å². The Bertz CT molecular complexity index is 1160. The Morgan fingerprint density at radius 1 is 1.47 bits per heavy atom. The van der Waals surface area contributed by atoms with E-state index in [1.807, 2.05) is 32.1 Å². The van der Waals surface area contributed by atoms with Crippen molar-refractivity contribution in [1.29, 1.82) is 5.26 Å². The number of nitrogens with zero attached hydrogens (tertiary/aromatic N) is 4. The molecule has 2 aliphatic heterocycles. The molecule has 3 heterocycles. The van der Waals surface area contributed by atoms with Gasteiger partial charge in [0.25, 0.3) is 0 Å². The third kappa shape index (κ3) is 4.00. The normalized spacial score (nSPS) is 20.1. The lowest BCUT2D eigenvalue weighted by molar-refractivity contribution is 0.109. The van der Waals surface area contributed by atoms with Crippen LogP contribution >= 0.6 is 0 Å². The van der Waals surface area contributed by atoms with Gasteiger partial charge in [-0.3, -0.25) is 4.98 Å². The summed E-state index contributed by atoms with van der Waals surface area (Å²) in [5.74, 6) is 0.318. The monoisotopic (exact) mass is 430 g/mol. The lowest BCUT2D eigenvalue weighted by atomic mass is 9.83. The standard InChI is InChI=1S/C24H26N6O2/c1-4-20(15-7-16(10-25)22-19(9-15)24(2,14-31)13-28-22)30-23(26-3)29-18-8-17-12-32-6-5-21(17)27-11-18/h4,7-9,11,28,31H,3,5-6,12-14H2,1-2H3,(H,29,30)/b20-4-. The second kappa shape index (κ2) is 8.91. The number of hydrogen-bond acceptors (Lipinski definition) is 6. The highest BCUT2D eigenvalue weighted by Gasteiger charge is 2.36. The molecule has 2 aromatic rings. The van der Waals surface area contributed by atoms with Crippen molar-refractivity contribution < 1.29 is 9.84 Å². The van der Waals surface area contributed by atoms with Gasteiger partial charge in [0.05, 0.1) is 48.7 Å². The minimum Gasteiger partial charge on any atom is -0.395 e. The molecule has 0 spiro atoms. The van der Waals surface area contributed by atoms with E-state index in [1.165, 1.54) is 0 Å². The van der Waals surface area contributed by atoms with E-state index in [1.54, 1.807) is 12.3 Å². The van der Waals surface area contributed by atoms with Crippen molar-refractivity contribution in [2.45, 2.75) is 32.3 Å². The summed E-state index contributed by atoms with van der Waals surface area (Å²) in [4.78, 5) is 13.2. The topological polar surface area (TPSA) is 115 Å². The van der Waals surface area contributed by atoms with Crippen molar-refractivity contribution in [3.8, 4) is 6.07 Å². The number of aliphatic imine (C=N–C) groups is 2. The molecular weight excluding hydrogens is 404 g/mol. The molecule has 1 aromatic carbocycles. The number of pyridine rings is 1. The number of guanidine groups is 1. The van der Waals surface area contributed by atoms with Crippen LogP contribution in [0.25, 0.3) is 5.70 Å². The Balaban J connectivity index is 1.67. The molecule has 164 valence electrons. The van der Waals surface area contributed by atoms with Crippen molar-refractivity contribution in [2.75, 3.05) is 30.4 Å². The number of benzene rings is 1. The number of anilines is 2. The minimum atomic E-state index is -0.464. The molecule has 2 aliphatic rings. The smallest absolute Gasteiger partial charge is 0.227 e. The molecule has 3 N–H and O–H groups in total. The number of hydrogen-bond donors (Lipinski definition) is 3. The number of rotatable bonds is 4. The Labute approximate surface area is 187 Å². The molecule has 0 amide bonds. The fraction of sp³-hybridized carbons (Fsp3) is 0.333. The maximum atomic E-state index is 9.94. The Morgan fingerprint density at radius 3 is 3.03 bits per heavy atom. The second-order valence-electron chi connectivity index (χ2n) is 8.16. The lowest BCUT2D eigenvalue weighted by Crippen LogP contribution is -2.28. The zero-order valence-electron chi connectivity index (χ0n) is 18.3. The molecule has 0 bridgehead atoms. The van der Waals surface area contributed by atoms with E-state index in [-0.39, 0.29) is 6.61 Å². The number of nitrogens with one attached hydrogen (secondary N) is 2. The molecule has 8 nitrogen and oxygen atoms in total. The SMILES string of the molecule is C=N/C(=N\C(=C/C)c1cc(C#N)c2c(c1)C(C)(CO)CN2)Nc1cnc2c(c1)COCC2. The van der Waals surface area contributed by atoms with Gasteiger partial charge in [0.1, 0.15) is 6.07 Å². The predicted molar refractivity (Wildman–Crippen MR) is 126 cm³/mol. The van der Waals surface area contributed by atoms with Crippen molar-refractivity contribution >= 4 is 29.7 Å². The van der Waals surface area contributed by atoms with Crippen LogP contribution in [0.2, 0.25) is 0 Å². The van der Waals surface area contributed by atoms with Crippen LogP contribution in [0.15, 0.2) is 40.5 Å². The molecule has 32 heavy (non-hydrogen) atoms. The van der Waals surface area contributed by atoms with E-state index in [9.17, 15) is 10.4 Å². The quantitative estimate of drug-likeness (QED) is 0.507. The number of fused-ring (bicyclic) bond motifs is 2. The molecule has 0 saturated carbocycles. The summed E-state index contributed by atoms with van der Waals surface area (Å²) >= 11 is 0. The molecule has 0 saturated heterocycles. The van der Waals surface area contributed by atoms with Gasteiger partial charge in [-0.25, -0.2) is 9.98 Å². The molecule has 1 unspecified atom stereocenters. The second-order valence-corrected chi connectivity index (χ2v) is 8.16. The van der Waals surface area contributed by atoms with Crippen LogP contribution in [0, 0.1) is 11.3 Å².